The molecule has 2 N–H and O–H groups in total. The van der Waals surface area contributed by atoms with Gasteiger partial charge >= 0.3 is 0 Å². The molecule has 0 spiro atoms. The van der Waals surface area contributed by atoms with Crippen molar-refractivity contribution in [2.75, 3.05) is 19.6 Å². The van der Waals surface area contributed by atoms with Gasteiger partial charge < -0.3 is 10.6 Å². The third-order valence-corrected chi connectivity index (χ3v) is 3.77. The molecule has 3 atom stereocenters. The Morgan fingerprint density at radius 1 is 1.36 bits per heavy atom. The lowest BCUT2D eigenvalue weighted by Gasteiger charge is -2.29. The molecule has 0 aromatic rings. The van der Waals surface area contributed by atoms with Crippen molar-refractivity contribution < 1.29 is 0 Å². The van der Waals surface area contributed by atoms with E-state index in [4.69, 9.17) is 11.0 Å². The fourth-order valence-electron chi connectivity index (χ4n) is 3.00. The second-order valence-electron chi connectivity index (χ2n) is 4.69. The molecular weight excluding hydrogens is 174 g/mol. The van der Waals surface area contributed by atoms with Crippen molar-refractivity contribution in [1.82, 2.24) is 4.90 Å². The number of fused-ring (bicyclic) bond motifs is 1. The van der Waals surface area contributed by atoms with E-state index >= 15 is 0 Å². The molecule has 0 aromatic heterocycles. The van der Waals surface area contributed by atoms with Crippen LogP contribution < -0.4 is 5.73 Å². The Bertz CT molecular complexity index is 233. The molecule has 1 saturated carbocycles. The molecule has 1 heterocycles. The van der Waals surface area contributed by atoms with Crippen LogP contribution in [0.25, 0.3) is 0 Å². The summed E-state index contributed by atoms with van der Waals surface area (Å²) >= 11 is 0. The number of nitrogens with two attached hydrogens (primary N) is 1. The minimum Gasteiger partial charge on any atom is -0.327 e. The third-order valence-electron chi connectivity index (χ3n) is 3.77. The maximum Gasteiger partial charge on any atom is 0.0635 e. The molecule has 0 bridgehead atoms. The van der Waals surface area contributed by atoms with Crippen LogP contribution in [0.15, 0.2) is 0 Å². The first-order valence-electron chi connectivity index (χ1n) is 5.66. The molecule has 2 rings (SSSR count). The number of rotatable bonds is 2. The van der Waals surface area contributed by atoms with Crippen molar-refractivity contribution in [2.45, 2.75) is 31.7 Å². The van der Waals surface area contributed by atoms with Crippen LogP contribution in [0.2, 0.25) is 0 Å². The first kappa shape index (κ1) is 9.95. The van der Waals surface area contributed by atoms with Crippen LogP contribution >= 0.6 is 0 Å². The Morgan fingerprint density at radius 2 is 2.21 bits per heavy atom. The Kier molecular flexibility index (Phi) is 3.05. The molecule has 0 radical (unpaired) electrons. The van der Waals surface area contributed by atoms with Crippen molar-refractivity contribution >= 4 is 0 Å². The molecule has 3 nitrogen and oxygen atoms in total. The van der Waals surface area contributed by atoms with E-state index in [9.17, 15) is 0 Å². The summed E-state index contributed by atoms with van der Waals surface area (Å²) < 4.78 is 0. The summed E-state index contributed by atoms with van der Waals surface area (Å²) in [7, 11) is 0. The SMILES string of the molecule is N#CCCN1CC2CCCC(N)C2C1. The number of hydrogen-bond acceptors (Lipinski definition) is 3. The first-order valence-corrected chi connectivity index (χ1v) is 5.66. The third kappa shape index (κ3) is 1.92. The average molecular weight is 193 g/mol. The van der Waals surface area contributed by atoms with Crippen LogP contribution in [0.4, 0.5) is 0 Å². The molecule has 1 aliphatic carbocycles. The number of hydrogen-bond donors (Lipinski definition) is 1. The van der Waals surface area contributed by atoms with Crippen LogP contribution in [0, 0.1) is 23.2 Å². The van der Waals surface area contributed by atoms with E-state index in [2.05, 4.69) is 11.0 Å². The normalized spacial score (nSPS) is 37.9. The van der Waals surface area contributed by atoms with Gasteiger partial charge in [0.2, 0.25) is 0 Å². The zero-order valence-corrected chi connectivity index (χ0v) is 8.65. The summed E-state index contributed by atoms with van der Waals surface area (Å²) in [5.41, 5.74) is 6.12. The first-order chi connectivity index (χ1) is 6.81. The van der Waals surface area contributed by atoms with Crippen LogP contribution in [0.3, 0.4) is 0 Å². The lowest BCUT2D eigenvalue weighted by atomic mass is 9.78. The molecule has 1 saturated heterocycles. The predicted molar refractivity (Wildman–Crippen MR) is 55.5 cm³/mol. The van der Waals surface area contributed by atoms with E-state index in [0.717, 1.165) is 19.0 Å². The minimum atomic E-state index is 0.417. The van der Waals surface area contributed by atoms with Gasteiger partial charge in [0.15, 0.2) is 0 Å². The average Bonchev–Trinajstić information content (AvgIpc) is 2.59. The minimum absolute atomic E-state index is 0.417. The molecule has 0 amide bonds. The van der Waals surface area contributed by atoms with Gasteiger partial charge in [-0.15, -0.1) is 0 Å². The maximum atomic E-state index is 8.54. The van der Waals surface area contributed by atoms with Gasteiger partial charge in [0, 0.05) is 32.1 Å². The van der Waals surface area contributed by atoms with Gasteiger partial charge in [-0.1, -0.05) is 6.42 Å². The molecule has 3 heteroatoms. The second-order valence-corrected chi connectivity index (χ2v) is 4.69. The van der Waals surface area contributed by atoms with Gasteiger partial charge in [-0.25, -0.2) is 0 Å². The summed E-state index contributed by atoms with van der Waals surface area (Å²) in [6, 6.07) is 2.63. The summed E-state index contributed by atoms with van der Waals surface area (Å²) in [6.45, 7) is 3.25. The highest BCUT2D eigenvalue weighted by molar-refractivity contribution is 4.93. The van der Waals surface area contributed by atoms with Crippen LogP contribution in [-0.4, -0.2) is 30.6 Å². The Hall–Kier alpha value is -0.590. The lowest BCUT2D eigenvalue weighted by molar-refractivity contribution is 0.259. The van der Waals surface area contributed by atoms with Crippen LogP contribution in [0.1, 0.15) is 25.7 Å². The maximum absolute atomic E-state index is 8.54. The van der Waals surface area contributed by atoms with E-state index in [1.165, 1.54) is 25.8 Å². The molecule has 78 valence electrons. The van der Waals surface area contributed by atoms with E-state index in [1.54, 1.807) is 0 Å². The molecular formula is C11H19N3. The van der Waals surface area contributed by atoms with E-state index in [0.29, 0.717) is 18.4 Å². The standard InChI is InChI=1S/C11H19N3/c12-5-2-6-14-7-9-3-1-4-11(13)10(9)8-14/h9-11H,1-4,6-8,13H2. The molecule has 2 aliphatic rings. The van der Waals surface area contributed by atoms with Crippen molar-refractivity contribution in [2.24, 2.45) is 17.6 Å². The van der Waals surface area contributed by atoms with Crippen molar-refractivity contribution in [3.05, 3.63) is 0 Å². The van der Waals surface area contributed by atoms with E-state index < -0.39 is 0 Å². The molecule has 2 fully saturated rings. The highest BCUT2D eigenvalue weighted by Gasteiger charge is 2.38. The highest BCUT2D eigenvalue weighted by atomic mass is 15.2. The molecule has 3 unspecified atom stereocenters. The van der Waals surface area contributed by atoms with Gasteiger partial charge in [0.25, 0.3) is 0 Å². The van der Waals surface area contributed by atoms with Gasteiger partial charge in [0.1, 0.15) is 0 Å². The van der Waals surface area contributed by atoms with Crippen molar-refractivity contribution in [1.29, 1.82) is 5.26 Å². The van der Waals surface area contributed by atoms with Crippen LogP contribution in [0.5, 0.6) is 0 Å². The summed E-state index contributed by atoms with van der Waals surface area (Å²) in [6.07, 6.45) is 4.51. The van der Waals surface area contributed by atoms with Gasteiger partial charge in [-0.05, 0) is 24.7 Å². The fraction of sp³-hybridized carbons (Fsp3) is 0.909. The van der Waals surface area contributed by atoms with Gasteiger partial charge in [-0.3, -0.25) is 0 Å². The van der Waals surface area contributed by atoms with E-state index in [-0.39, 0.29) is 0 Å². The lowest BCUT2D eigenvalue weighted by Crippen LogP contribution is -2.38. The highest BCUT2D eigenvalue weighted by Crippen LogP contribution is 2.35. The fourth-order valence-corrected chi connectivity index (χ4v) is 3.00. The number of nitriles is 1. The monoisotopic (exact) mass is 193 g/mol. The predicted octanol–water partition coefficient (Wildman–Crippen LogP) is 0.959. The second kappa shape index (κ2) is 4.29. The summed E-state index contributed by atoms with van der Waals surface area (Å²) in [5, 5.41) is 8.54. The van der Waals surface area contributed by atoms with Crippen LogP contribution in [-0.2, 0) is 0 Å². The van der Waals surface area contributed by atoms with Crippen molar-refractivity contribution in [3.8, 4) is 6.07 Å². The quantitative estimate of drug-likeness (QED) is 0.710. The Balaban J connectivity index is 1.88. The smallest absolute Gasteiger partial charge is 0.0635 e. The summed E-state index contributed by atoms with van der Waals surface area (Å²) in [5.74, 6) is 1.53. The van der Waals surface area contributed by atoms with Gasteiger partial charge in [0.05, 0.1) is 6.07 Å². The van der Waals surface area contributed by atoms with Gasteiger partial charge in [-0.2, -0.15) is 5.26 Å². The number of nitrogens with zero attached hydrogens (tertiary/aromatic N) is 2. The number of likely N-dealkylation sites (tertiary alicyclic amines) is 1. The topological polar surface area (TPSA) is 53.0 Å². The summed E-state index contributed by atoms with van der Waals surface area (Å²) in [4.78, 5) is 2.42. The molecule has 0 aromatic carbocycles. The largest absolute Gasteiger partial charge is 0.327 e. The Morgan fingerprint density at radius 3 is 2.93 bits per heavy atom. The van der Waals surface area contributed by atoms with E-state index in [1.807, 2.05) is 0 Å². The molecule has 1 aliphatic heterocycles. The zero-order valence-electron chi connectivity index (χ0n) is 8.65. The zero-order chi connectivity index (χ0) is 9.97. The van der Waals surface area contributed by atoms with Crippen molar-refractivity contribution in [3.63, 3.8) is 0 Å². The Labute approximate surface area is 85.9 Å². The molecule has 14 heavy (non-hydrogen) atoms.